The third-order valence-electron chi connectivity index (χ3n) is 3.72. The molecular formula is C15H18N4O4. The lowest BCUT2D eigenvalue weighted by molar-refractivity contribution is -0.145. The van der Waals surface area contributed by atoms with Gasteiger partial charge in [-0.25, -0.2) is 9.97 Å². The molecule has 122 valence electrons. The second kappa shape index (κ2) is 5.62. The first kappa shape index (κ1) is 15.4. The summed E-state index contributed by atoms with van der Waals surface area (Å²) in [4.78, 5) is 36.0. The Morgan fingerprint density at radius 2 is 2.30 bits per heavy atom. The molecule has 1 saturated heterocycles. The molecule has 1 unspecified atom stereocenters. The van der Waals surface area contributed by atoms with Gasteiger partial charge in [0.05, 0.1) is 29.8 Å². The summed E-state index contributed by atoms with van der Waals surface area (Å²) in [7, 11) is 0. The highest BCUT2D eigenvalue weighted by Crippen LogP contribution is 2.28. The minimum atomic E-state index is -0.909. The van der Waals surface area contributed by atoms with Gasteiger partial charge in [0, 0.05) is 19.3 Å². The van der Waals surface area contributed by atoms with E-state index in [2.05, 4.69) is 15.0 Å². The molecule has 0 aliphatic carbocycles. The number of morpholine rings is 1. The van der Waals surface area contributed by atoms with Gasteiger partial charge in [-0.15, -0.1) is 0 Å². The second-order valence-electron chi connectivity index (χ2n) is 6.24. The zero-order valence-corrected chi connectivity index (χ0v) is 12.9. The van der Waals surface area contributed by atoms with Crippen molar-refractivity contribution in [1.29, 1.82) is 0 Å². The Bertz CT molecular complexity index is 801. The van der Waals surface area contributed by atoms with Crippen LogP contribution in [0.1, 0.15) is 20.3 Å². The van der Waals surface area contributed by atoms with Crippen LogP contribution in [-0.2, 0) is 9.53 Å². The van der Waals surface area contributed by atoms with Crippen LogP contribution in [0.4, 0.5) is 5.82 Å². The van der Waals surface area contributed by atoms with E-state index in [1.54, 1.807) is 12.3 Å². The molecule has 1 aliphatic rings. The zero-order valence-electron chi connectivity index (χ0n) is 12.9. The Morgan fingerprint density at radius 3 is 3.04 bits per heavy atom. The number of rotatable bonds is 3. The number of fused-ring (bicyclic) bond motifs is 1. The summed E-state index contributed by atoms with van der Waals surface area (Å²) in [6, 6.07) is 1.62. The zero-order chi connectivity index (χ0) is 16.6. The van der Waals surface area contributed by atoms with Crippen molar-refractivity contribution in [2.45, 2.75) is 32.0 Å². The Labute approximate surface area is 132 Å². The van der Waals surface area contributed by atoms with Crippen molar-refractivity contribution in [3.8, 4) is 0 Å². The van der Waals surface area contributed by atoms with Crippen LogP contribution in [0.15, 0.2) is 23.4 Å². The van der Waals surface area contributed by atoms with Gasteiger partial charge in [-0.2, -0.15) is 0 Å². The fraction of sp³-hybridized carbons (Fsp3) is 0.467. The number of aromatic amines is 1. The van der Waals surface area contributed by atoms with E-state index in [0.717, 1.165) is 0 Å². The van der Waals surface area contributed by atoms with E-state index >= 15 is 0 Å². The number of anilines is 1. The molecule has 2 aromatic rings. The molecule has 0 amide bonds. The number of nitrogens with one attached hydrogen (secondary N) is 1. The van der Waals surface area contributed by atoms with Crippen molar-refractivity contribution >= 4 is 22.7 Å². The number of H-pyrrole nitrogens is 1. The van der Waals surface area contributed by atoms with Gasteiger partial charge in [0.25, 0.3) is 5.56 Å². The van der Waals surface area contributed by atoms with E-state index < -0.39 is 17.7 Å². The molecule has 2 N–H and O–H groups in total. The Hall–Kier alpha value is -2.48. The molecule has 1 atom stereocenters. The van der Waals surface area contributed by atoms with E-state index in [-0.39, 0.29) is 12.0 Å². The van der Waals surface area contributed by atoms with Crippen LogP contribution in [0, 0.1) is 0 Å². The van der Waals surface area contributed by atoms with Gasteiger partial charge in [0.15, 0.2) is 5.82 Å². The molecular weight excluding hydrogens is 300 g/mol. The number of ether oxygens (including phenoxy) is 1. The molecule has 1 aliphatic heterocycles. The number of pyridine rings is 1. The summed E-state index contributed by atoms with van der Waals surface area (Å²) >= 11 is 0. The first-order valence-electron chi connectivity index (χ1n) is 7.33. The maximum Gasteiger partial charge on any atom is 0.306 e. The maximum atomic E-state index is 11.9. The number of aromatic nitrogens is 3. The molecule has 2 aromatic heterocycles. The molecule has 0 spiro atoms. The first-order chi connectivity index (χ1) is 10.9. The van der Waals surface area contributed by atoms with Crippen molar-refractivity contribution in [3.05, 3.63) is 28.9 Å². The molecule has 0 bridgehead atoms. The van der Waals surface area contributed by atoms with Crippen molar-refractivity contribution in [2.24, 2.45) is 0 Å². The number of hydrogen-bond donors (Lipinski definition) is 2. The van der Waals surface area contributed by atoms with Crippen LogP contribution in [0.5, 0.6) is 0 Å². The number of nitrogens with zero attached hydrogens (tertiary/aromatic N) is 3. The maximum absolute atomic E-state index is 11.9. The van der Waals surface area contributed by atoms with E-state index in [1.165, 1.54) is 6.33 Å². The lowest BCUT2D eigenvalue weighted by Crippen LogP contribution is -2.53. The second-order valence-corrected chi connectivity index (χ2v) is 6.24. The summed E-state index contributed by atoms with van der Waals surface area (Å²) in [5.41, 5.74) is -0.250. The molecule has 23 heavy (non-hydrogen) atoms. The third kappa shape index (κ3) is 3.16. The highest BCUT2D eigenvalue weighted by atomic mass is 16.5. The predicted octanol–water partition coefficient (Wildman–Crippen LogP) is 0.777. The van der Waals surface area contributed by atoms with Crippen LogP contribution in [0.2, 0.25) is 0 Å². The monoisotopic (exact) mass is 318 g/mol. The van der Waals surface area contributed by atoms with E-state index in [4.69, 9.17) is 9.84 Å². The van der Waals surface area contributed by atoms with Crippen LogP contribution in [0.25, 0.3) is 10.9 Å². The van der Waals surface area contributed by atoms with Crippen LogP contribution < -0.4 is 10.5 Å². The van der Waals surface area contributed by atoms with Crippen LogP contribution in [0.3, 0.4) is 0 Å². The molecule has 0 saturated carbocycles. The third-order valence-corrected chi connectivity index (χ3v) is 3.72. The average Bonchev–Trinajstić information content (AvgIpc) is 2.44. The molecule has 1 fully saturated rings. The van der Waals surface area contributed by atoms with Crippen molar-refractivity contribution in [1.82, 2.24) is 15.0 Å². The van der Waals surface area contributed by atoms with Gasteiger partial charge in [0.2, 0.25) is 0 Å². The van der Waals surface area contributed by atoms with Gasteiger partial charge >= 0.3 is 5.97 Å². The fourth-order valence-electron chi connectivity index (χ4n) is 2.98. The summed E-state index contributed by atoms with van der Waals surface area (Å²) < 4.78 is 5.83. The lowest BCUT2D eigenvalue weighted by atomic mass is 10.0. The van der Waals surface area contributed by atoms with Gasteiger partial charge in [0.1, 0.15) is 5.52 Å². The Morgan fingerprint density at radius 1 is 1.52 bits per heavy atom. The summed E-state index contributed by atoms with van der Waals surface area (Å²) in [5.74, 6) is -0.339. The number of hydrogen-bond acceptors (Lipinski definition) is 6. The molecule has 3 rings (SSSR count). The highest BCUT2D eigenvalue weighted by Gasteiger charge is 2.35. The number of carboxylic acid groups (broad SMARTS) is 1. The topological polar surface area (TPSA) is 108 Å². The van der Waals surface area contributed by atoms with Crippen molar-refractivity contribution in [3.63, 3.8) is 0 Å². The summed E-state index contributed by atoms with van der Waals surface area (Å²) in [6.45, 7) is 4.72. The van der Waals surface area contributed by atoms with Crippen molar-refractivity contribution < 1.29 is 14.6 Å². The first-order valence-corrected chi connectivity index (χ1v) is 7.33. The van der Waals surface area contributed by atoms with E-state index in [1.807, 2.05) is 18.7 Å². The molecule has 8 nitrogen and oxygen atoms in total. The SMILES string of the molecule is CC1(C)CN(c2nccc3c(=O)[nH]cnc23)CC(CC(=O)O)O1. The predicted molar refractivity (Wildman–Crippen MR) is 83.6 cm³/mol. The normalized spacial score (nSPS) is 20.6. The highest BCUT2D eigenvalue weighted by molar-refractivity contribution is 5.87. The Kier molecular flexibility index (Phi) is 3.77. The molecule has 0 aromatic carbocycles. The largest absolute Gasteiger partial charge is 0.481 e. The van der Waals surface area contributed by atoms with Crippen LogP contribution >= 0.6 is 0 Å². The standard InChI is InChI=1S/C15H18N4O4/c1-15(2)7-19(6-9(23-15)5-11(20)21)13-12-10(3-4-16-13)14(22)18-8-17-12/h3-4,8-9H,5-7H2,1-2H3,(H,20,21)(H,17,18,22). The van der Waals surface area contributed by atoms with Gasteiger partial charge in [-0.1, -0.05) is 0 Å². The smallest absolute Gasteiger partial charge is 0.306 e. The fourth-order valence-corrected chi connectivity index (χ4v) is 2.98. The number of aliphatic carboxylic acids is 1. The minimum absolute atomic E-state index is 0.0846. The van der Waals surface area contributed by atoms with Crippen LogP contribution in [-0.4, -0.2) is 50.8 Å². The van der Waals surface area contributed by atoms with Crippen molar-refractivity contribution in [2.75, 3.05) is 18.0 Å². The number of carboxylic acids is 1. The molecule has 3 heterocycles. The summed E-state index contributed by atoms with van der Waals surface area (Å²) in [6.07, 6.45) is 2.37. The molecule has 8 heteroatoms. The average molecular weight is 318 g/mol. The Balaban J connectivity index is 2.02. The van der Waals surface area contributed by atoms with Gasteiger partial charge in [-0.3, -0.25) is 9.59 Å². The number of carbonyl (C=O) groups is 1. The van der Waals surface area contributed by atoms with Gasteiger partial charge in [-0.05, 0) is 19.9 Å². The quantitative estimate of drug-likeness (QED) is 0.860. The van der Waals surface area contributed by atoms with Gasteiger partial charge < -0.3 is 19.7 Å². The summed E-state index contributed by atoms with van der Waals surface area (Å²) in [5, 5.41) is 9.48. The van der Waals surface area contributed by atoms with E-state index in [0.29, 0.717) is 29.8 Å². The van der Waals surface area contributed by atoms with E-state index in [9.17, 15) is 9.59 Å². The molecule has 0 radical (unpaired) electrons. The lowest BCUT2D eigenvalue weighted by Gasteiger charge is -2.43. The minimum Gasteiger partial charge on any atom is -0.481 e.